The molecule has 0 N–H and O–H groups in total. The van der Waals surface area contributed by atoms with Crippen molar-refractivity contribution in [2.24, 2.45) is 5.92 Å². The molecule has 1 amide bonds. The quantitative estimate of drug-likeness (QED) is 0.619. The number of para-hydroxylation sites is 1. The highest BCUT2D eigenvalue weighted by Crippen LogP contribution is 2.27. The minimum absolute atomic E-state index is 0.0774. The first-order valence-corrected chi connectivity index (χ1v) is 6.57. The van der Waals surface area contributed by atoms with E-state index in [9.17, 15) is 14.9 Å². The summed E-state index contributed by atoms with van der Waals surface area (Å²) in [5.41, 5.74) is 0.662. The topological polar surface area (TPSA) is 63.4 Å². The summed E-state index contributed by atoms with van der Waals surface area (Å²) in [5.74, 6) is 0.211. The predicted molar refractivity (Wildman–Crippen MR) is 71.5 cm³/mol. The Morgan fingerprint density at radius 2 is 2.00 bits per heavy atom. The van der Waals surface area contributed by atoms with Gasteiger partial charge in [0.1, 0.15) is 0 Å². The predicted octanol–water partition coefficient (Wildman–Crippen LogP) is 2.74. The summed E-state index contributed by atoms with van der Waals surface area (Å²) in [7, 11) is 1.72. The zero-order valence-corrected chi connectivity index (χ0v) is 11.0. The Morgan fingerprint density at radius 1 is 1.37 bits per heavy atom. The number of hydrogen-bond donors (Lipinski definition) is 0. The maximum absolute atomic E-state index is 12.2. The molecule has 0 bridgehead atoms. The van der Waals surface area contributed by atoms with Gasteiger partial charge in [-0.15, -0.1) is 0 Å². The molecule has 0 atom stereocenters. The maximum Gasteiger partial charge on any atom is 0.274 e. The standard InChI is InChI=1S/C14H18N2O3/c1-15(14(17)11-6-2-3-7-11)10-12-8-4-5-9-13(12)16(18)19/h4-5,8-9,11H,2-3,6-7,10H2,1H3. The number of rotatable bonds is 4. The van der Waals surface area contributed by atoms with E-state index in [1.165, 1.54) is 6.07 Å². The van der Waals surface area contributed by atoms with E-state index in [0.717, 1.165) is 25.7 Å². The van der Waals surface area contributed by atoms with E-state index < -0.39 is 4.92 Å². The summed E-state index contributed by atoms with van der Waals surface area (Å²) in [6.07, 6.45) is 4.10. The van der Waals surface area contributed by atoms with Crippen LogP contribution in [0.25, 0.3) is 0 Å². The van der Waals surface area contributed by atoms with E-state index in [-0.39, 0.29) is 17.5 Å². The molecule has 2 rings (SSSR count). The third-order valence-corrected chi connectivity index (χ3v) is 3.68. The van der Waals surface area contributed by atoms with Gasteiger partial charge in [0.25, 0.3) is 5.69 Å². The fourth-order valence-electron chi connectivity index (χ4n) is 2.64. The van der Waals surface area contributed by atoms with Crippen LogP contribution >= 0.6 is 0 Å². The lowest BCUT2D eigenvalue weighted by Gasteiger charge is -2.20. The van der Waals surface area contributed by atoms with Gasteiger partial charge in [0.2, 0.25) is 5.91 Å². The molecule has 102 valence electrons. The molecule has 19 heavy (non-hydrogen) atoms. The number of benzene rings is 1. The van der Waals surface area contributed by atoms with Crippen LogP contribution < -0.4 is 0 Å². The second-order valence-corrected chi connectivity index (χ2v) is 5.06. The smallest absolute Gasteiger partial charge is 0.274 e. The highest BCUT2D eigenvalue weighted by molar-refractivity contribution is 5.78. The van der Waals surface area contributed by atoms with Crippen molar-refractivity contribution in [2.75, 3.05) is 7.05 Å². The van der Waals surface area contributed by atoms with Gasteiger partial charge in [-0.2, -0.15) is 0 Å². The van der Waals surface area contributed by atoms with Crippen molar-refractivity contribution in [1.82, 2.24) is 4.90 Å². The van der Waals surface area contributed by atoms with Crippen molar-refractivity contribution in [2.45, 2.75) is 32.2 Å². The summed E-state index contributed by atoms with van der Waals surface area (Å²) in [6.45, 7) is 0.298. The monoisotopic (exact) mass is 262 g/mol. The van der Waals surface area contributed by atoms with Crippen LogP contribution in [0.5, 0.6) is 0 Å². The Balaban J connectivity index is 2.08. The van der Waals surface area contributed by atoms with E-state index in [1.54, 1.807) is 30.1 Å². The fraction of sp³-hybridized carbons (Fsp3) is 0.500. The number of nitro benzene ring substituents is 1. The molecular formula is C14H18N2O3. The lowest BCUT2D eigenvalue weighted by atomic mass is 10.1. The number of carbonyl (C=O) groups excluding carboxylic acids is 1. The lowest BCUT2D eigenvalue weighted by molar-refractivity contribution is -0.385. The summed E-state index contributed by atoms with van der Waals surface area (Å²) >= 11 is 0. The van der Waals surface area contributed by atoms with Gasteiger partial charge in [-0.25, -0.2) is 0 Å². The van der Waals surface area contributed by atoms with E-state index >= 15 is 0 Å². The molecule has 1 fully saturated rings. The van der Waals surface area contributed by atoms with Crippen molar-refractivity contribution in [3.8, 4) is 0 Å². The van der Waals surface area contributed by atoms with Gasteiger partial charge in [-0.1, -0.05) is 31.0 Å². The minimum atomic E-state index is -0.400. The first-order chi connectivity index (χ1) is 9.09. The van der Waals surface area contributed by atoms with Gasteiger partial charge in [0.15, 0.2) is 0 Å². The zero-order valence-electron chi connectivity index (χ0n) is 11.0. The van der Waals surface area contributed by atoms with Crippen LogP contribution in [0.15, 0.2) is 24.3 Å². The SMILES string of the molecule is CN(Cc1ccccc1[N+](=O)[O-])C(=O)C1CCCC1. The highest BCUT2D eigenvalue weighted by Gasteiger charge is 2.26. The molecule has 0 aliphatic heterocycles. The number of nitro groups is 1. The molecule has 0 saturated heterocycles. The number of hydrogen-bond acceptors (Lipinski definition) is 3. The minimum Gasteiger partial charge on any atom is -0.341 e. The van der Waals surface area contributed by atoms with Crippen molar-refractivity contribution in [1.29, 1.82) is 0 Å². The molecule has 1 aliphatic carbocycles. The van der Waals surface area contributed by atoms with E-state index in [1.807, 2.05) is 0 Å². The molecule has 1 saturated carbocycles. The Morgan fingerprint density at radius 3 is 2.63 bits per heavy atom. The van der Waals surface area contributed by atoms with Crippen molar-refractivity contribution >= 4 is 11.6 Å². The van der Waals surface area contributed by atoms with E-state index in [2.05, 4.69) is 0 Å². The average molecular weight is 262 g/mol. The first kappa shape index (κ1) is 13.5. The highest BCUT2D eigenvalue weighted by atomic mass is 16.6. The van der Waals surface area contributed by atoms with Gasteiger partial charge in [-0.05, 0) is 12.8 Å². The van der Waals surface area contributed by atoms with Crippen molar-refractivity contribution < 1.29 is 9.72 Å². The Kier molecular flexibility index (Phi) is 4.14. The van der Waals surface area contributed by atoms with Crippen LogP contribution in [0.1, 0.15) is 31.2 Å². The third-order valence-electron chi connectivity index (χ3n) is 3.68. The van der Waals surface area contributed by atoms with Gasteiger partial charge in [0.05, 0.1) is 11.5 Å². The zero-order chi connectivity index (χ0) is 13.8. The molecule has 0 radical (unpaired) electrons. The van der Waals surface area contributed by atoms with Crippen molar-refractivity contribution in [3.63, 3.8) is 0 Å². The van der Waals surface area contributed by atoms with Gasteiger partial charge in [0, 0.05) is 24.6 Å². The Bertz CT molecular complexity index is 481. The Labute approximate surface area is 112 Å². The van der Waals surface area contributed by atoms with Crippen LogP contribution in [0.3, 0.4) is 0 Å². The van der Waals surface area contributed by atoms with Crippen molar-refractivity contribution in [3.05, 3.63) is 39.9 Å². The molecule has 0 spiro atoms. The van der Waals surface area contributed by atoms with Gasteiger partial charge in [-0.3, -0.25) is 14.9 Å². The van der Waals surface area contributed by atoms with Crippen LogP contribution in [-0.2, 0) is 11.3 Å². The van der Waals surface area contributed by atoms with Crippen LogP contribution in [0, 0.1) is 16.0 Å². The maximum atomic E-state index is 12.2. The summed E-state index contributed by atoms with van der Waals surface area (Å²) in [4.78, 5) is 24.3. The Hall–Kier alpha value is -1.91. The lowest BCUT2D eigenvalue weighted by Crippen LogP contribution is -2.31. The molecule has 0 heterocycles. The first-order valence-electron chi connectivity index (χ1n) is 6.57. The third kappa shape index (κ3) is 3.10. The van der Waals surface area contributed by atoms with E-state index in [0.29, 0.717) is 12.1 Å². The summed E-state index contributed by atoms with van der Waals surface area (Å²) in [5, 5.41) is 10.9. The normalized spacial score (nSPS) is 15.4. The molecule has 5 heteroatoms. The van der Waals surface area contributed by atoms with Gasteiger partial charge < -0.3 is 4.90 Å². The average Bonchev–Trinajstić information content (AvgIpc) is 2.92. The van der Waals surface area contributed by atoms with E-state index in [4.69, 9.17) is 0 Å². The second-order valence-electron chi connectivity index (χ2n) is 5.06. The summed E-state index contributed by atoms with van der Waals surface area (Å²) < 4.78 is 0. The molecule has 0 aromatic heterocycles. The molecule has 5 nitrogen and oxygen atoms in total. The van der Waals surface area contributed by atoms with Crippen LogP contribution in [0.2, 0.25) is 0 Å². The molecule has 1 aromatic rings. The number of carbonyl (C=O) groups is 1. The largest absolute Gasteiger partial charge is 0.341 e. The van der Waals surface area contributed by atoms with Crippen LogP contribution in [0.4, 0.5) is 5.69 Å². The number of amides is 1. The van der Waals surface area contributed by atoms with Crippen LogP contribution in [-0.4, -0.2) is 22.8 Å². The summed E-state index contributed by atoms with van der Waals surface area (Å²) in [6, 6.07) is 6.58. The molecule has 0 unspecified atom stereocenters. The van der Waals surface area contributed by atoms with Gasteiger partial charge >= 0.3 is 0 Å². The molecular weight excluding hydrogens is 244 g/mol. The fourth-order valence-corrected chi connectivity index (χ4v) is 2.64. The number of nitrogens with zero attached hydrogens (tertiary/aromatic N) is 2. The molecule has 1 aliphatic rings. The second kappa shape index (κ2) is 5.82. The molecule has 1 aromatic carbocycles.